The van der Waals surface area contributed by atoms with Gasteiger partial charge in [-0.25, -0.2) is 0 Å². The molecule has 0 radical (unpaired) electrons. The van der Waals surface area contributed by atoms with Crippen LogP contribution in [0.1, 0.15) is 37.7 Å². The van der Waals surface area contributed by atoms with E-state index in [2.05, 4.69) is 55.4 Å². The number of benzene rings is 2. The average molecular weight is 346 g/mol. The van der Waals surface area contributed by atoms with E-state index in [1.165, 1.54) is 48.4 Å². The van der Waals surface area contributed by atoms with Crippen LogP contribution in [0, 0.1) is 24.7 Å². The van der Waals surface area contributed by atoms with Gasteiger partial charge in [0.05, 0.1) is 6.21 Å². The summed E-state index contributed by atoms with van der Waals surface area (Å²) in [5.74, 6) is 3.33. The molecule has 3 nitrogen and oxygen atoms in total. The summed E-state index contributed by atoms with van der Waals surface area (Å²) in [7, 11) is 2.28. The number of aryl methyl sites for hydroxylation is 1. The van der Waals surface area contributed by atoms with E-state index in [1.54, 1.807) is 0 Å². The number of hydrogen-bond acceptors (Lipinski definition) is 3. The van der Waals surface area contributed by atoms with Gasteiger partial charge in [0, 0.05) is 17.3 Å². The van der Waals surface area contributed by atoms with Crippen molar-refractivity contribution in [1.82, 2.24) is 4.90 Å². The highest BCUT2D eigenvalue weighted by molar-refractivity contribution is 5.99. The summed E-state index contributed by atoms with van der Waals surface area (Å²) in [6, 6.07) is 11.4. The number of aliphatic imine (C=N–C) groups is 1. The van der Waals surface area contributed by atoms with E-state index in [1.807, 2.05) is 0 Å². The van der Waals surface area contributed by atoms with E-state index >= 15 is 0 Å². The summed E-state index contributed by atoms with van der Waals surface area (Å²) < 4.78 is 6.95. The van der Waals surface area contributed by atoms with Gasteiger partial charge in [-0.2, -0.15) is 0 Å². The molecule has 7 rings (SSSR count). The van der Waals surface area contributed by atoms with Crippen molar-refractivity contribution >= 4 is 22.7 Å². The lowest BCUT2D eigenvalue weighted by Crippen LogP contribution is -2.59. The van der Waals surface area contributed by atoms with Crippen molar-refractivity contribution in [3.8, 4) is 5.75 Å². The van der Waals surface area contributed by atoms with E-state index in [0.717, 1.165) is 23.3 Å². The van der Waals surface area contributed by atoms with Crippen molar-refractivity contribution < 1.29 is 4.74 Å². The minimum Gasteiger partial charge on any atom is -0.464 e. The number of hydrogen-bond donors (Lipinski definition) is 0. The van der Waals surface area contributed by atoms with E-state index in [-0.39, 0.29) is 5.72 Å². The fourth-order valence-corrected chi connectivity index (χ4v) is 6.44. The molecule has 3 heterocycles. The first kappa shape index (κ1) is 15.2. The molecule has 1 spiro atoms. The summed E-state index contributed by atoms with van der Waals surface area (Å²) in [4.78, 5) is 7.60. The van der Waals surface area contributed by atoms with Crippen molar-refractivity contribution in [2.75, 3.05) is 7.05 Å². The molecule has 134 valence electrons. The van der Waals surface area contributed by atoms with Crippen LogP contribution in [0.15, 0.2) is 35.3 Å². The van der Waals surface area contributed by atoms with Crippen LogP contribution in [0.25, 0.3) is 10.8 Å². The molecule has 3 aliphatic heterocycles. The number of nitrogens with zero attached hydrogens (tertiary/aromatic N) is 2. The predicted octanol–water partition coefficient (Wildman–Crippen LogP) is 5.08. The van der Waals surface area contributed by atoms with E-state index in [9.17, 15) is 0 Å². The van der Waals surface area contributed by atoms with Crippen LogP contribution in [0.3, 0.4) is 0 Å². The molecule has 3 atom stereocenters. The molecule has 4 fully saturated rings. The van der Waals surface area contributed by atoms with Gasteiger partial charge in [-0.3, -0.25) is 9.89 Å². The Morgan fingerprint density at radius 3 is 2.65 bits per heavy atom. The highest BCUT2D eigenvalue weighted by Crippen LogP contribution is 2.55. The molecule has 2 saturated heterocycles. The predicted molar refractivity (Wildman–Crippen MR) is 105 cm³/mol. The Balaban J connectivity index is 1.53. The van der Waals surface area contributed by atoms with Gasteiger partial charge < -0.3 is 4.74 Å². The molecular formula is C23H26N2O. The Hall–Kier alpha value is -1.87. The fraction of sp³-hybridized carbons (Fsp3) is 0.522. The quantitative estimate of drug-likeness (QED) is 0.664. The van der Waals surface area contributed by atoms with Gasteiger partial charge in [0.25, 0.3) is 0 Å². The molecule has 0 N–H and O–H groups in total. The first-order valence-corrected chi connectivity index (χ1v) is 10.1. The second-order valence-corrected chi connectivity index (χ2v) is 9.08. The zero-order valence-corrected chi connectivity index (χ0v) is 15.6. The second kappa shape index (κ2) is 5.10. The monoisotopic (exact) mass is 346 g/mol. The molecule has 3 heteroatoms. The highest BCUT2D eigenvalue weighted by Gasteiger charge is 2.56. The summed E-state index contributed by atoms with van der Waals surface area (Å²) in [6.45, 7) is 2.17. The summed E-state index contributed by atoms with van der Waals surface area (Å²) in [6.07, 6.45) is 8.87. The molecule has 4 bridgehead atoms. The van der Waals surface area contributed by atoms with Gasteiger partial charge in [-0.1, -0.05) is 24.3 Å². The summed E-state index contributed by atoms with van der Waals surface area (Å²) in [5.41, 5.74) is 1.87. The third kappa shape index (κ3) is 1.90. The lowest BCUT2D eigenvalue weighted by Gasteiger charge is -2.46. The molecule has 26 heavy (non-hydrogen) atoms. The molecule has 0 amide bonds. The topological polar surface area (TPSA) is 24.8 Å². The van der Waals surface area contributed by atoms with Crippen LogP contribution in [0.5, 0.6) is 5.75 Å². The first-order valence-electron chi connectivity index (χ1n) is 10.1. The van der Waals surface area contributed by atoms with Gasteiger partial charge >= 0.3 is 0 Å². The van der Waals surface area contributed by atoms with Gasteiger partial charge in [-0.15, -0.1) is 0 Å². The summed E-state index contributed by atoms with van der Waals surface area (Å²) >= 11 is 0. The van der Waals surface area contributed by atoms with Crippen LogP contribution in [-0.4, -0.2) is 29.9 Å². The van der Waals surface area contributed by atoms with Crippen LogP contribution < -0.4 is 4.74 Å². The van der Waals surface area contributed by atoms with Crippen molar-refractivity contribution in [2.45, 2.75) is 50.8 Å². The lowest BCUT2D eigenvalue weighted by molar-refractivity contribution is -0.0627. The molecule has 5 aliphatic rings. The number of fused-ring (bicyclic) bond motifs is 3. The highest BCUT2D eigenvalue weighted by atomic mass is 16.5. The average Bonchev–Trinajstić information content (AvgIpc) is 2.76. The fourth-order valence-electron chi connectivity index (χ4n) is 6.44. The van der Waals surface area contributed by atoms with Crippen molar-refractivity contribution in [3.05, 3.63) is 35.9 Å². The minimum absolute atomic E-state index is 0.352. The van der Waals surface area contributed by atoms with Crippen molar-refractivity contribution in [3.63, 3.8) is 0 Å². The Labute approximate surface area is 155 Å². The standard InChI is InChI=1S/C23H26N2O/c1-14-7-17-5-3-4-6-20(17)21-22(14)26-23(13-24-21)18-9-15-8-16(10-18)12-19(11-15)25(23)2/h3-7,13,15-16,18-19H,8-12H2,1-2H3. The van der Waals surface area contributed by atoms with E-state index in [4.69, 9.17) is 9.73 Å². The normalized spacial score (nSPS) is 37.8. The largest absolute Gasteiger partial charge is 0.464 e. The molecular weight excluding hydrogens is 320 g/mol. The van der Waals surface area contributed by atoms with Crippen LogP contribution in [0.4, 0.5) is 5.69 Å². The summed E-state index contributed by atoms with van der Waals surface area (Å²) in [5, 5.41) is 2.44. The van der Waals surface area contributed by atoms with Gasteiger partial charge in [0.1, 0.15) is 5.69 Å². The molecule has 2 saturated carbocycles. The number of ether oxygens (including phenoxy) is 1. The SMILES string of the molecule is Cc1cc2ccccc2c2c1OC1(C=N2)C2CC3CC(CC(C3)N1C)C2. The Morgan fingerprint density at radius 2 is 1.85 bits per heavy atom. The van der Waals surface area contributed by atoms with Gasteiger partial charge in [0.2, 0.25) is 5.72 Å². The van der Waals surface area contributed by atoms with Crippen LogP contribution >= 0.6 is 0 Å². The van der Waals surface area contributed by atoms with E-state index in [0.29, 0.717) is 12.0 Å². The maximum absolute atomic E-state index is 6.95. The van der Waals surface area contributed by atoms with Crippen LogP contribution in [0.2, 0.25) is 0 Å². The zero-order chi connectivity index (χ0) is 17.5. The van der Waals surface area contributed by atoms with Gasteiger partial charge in [-0.05, 0) is 74.9 Å². The smallest absolute Gasteiger partial charge is 0.202 e. The van der Waals surface area contributed by atoms with E-state index < -0.39 is 0 Å². The molecule has 2 aromatic carbocycles. The lowest BCUT2D eigenvalue weighted by atomic mass is 9.67. The Kier molecular flexibility index (Phi) is 2.98. The van der Waals surface area contributed by atoms with Gasteiger partial charge in [0.15, 0.2) is 5.75 Å². The first-order chi connectivity index (χ1) is 12.6. The van der Waals surface area contributed by atoms with Crippen LogP contribution in [-0.2, 0) is 0 Å². The molecule has 3 unspecified atom stereocenters. The third-order valence-corrected chi connectivity index (χ3v) is 7.60. The Bertz CT molecular complexity index is 921. The third-order valence-electron chi connectivity index (χ3n) is 7.60. The maximum atomic E-state index is 6.95. The van der Waals surface area contributed by atoms with Crippen molar-refractivity contribution in [2.24, 2.45) is 22.7 Å². The second-order valence-electron chi connectivity index (χ2n) is 9.08. The molecule has 2 aromatic rings. The van der Waals surface area contributed by atoms with Crippen molar-refractivity contribution in [1.29, 1.82) is 0 Å². The maximum Gasteiger partial charge on any atom is 0.202 e. The number of rotatable bonds is 0. The molecule has 2 aliphatic carbocycles. The molecule has 0 aromatic heterocycles. The Morgan fingerprint density at radius 1 is 1.08 bits per heavy atom. The zero-order valence-electron chi connectivity index (χ0n) is 15.6. The minimum atomic E-state index is -0.352.